The van der Waals surface area contributed by atoms with Crippen LogP contribution in [-0.2, 0) is 25.7 Å². The zero-order chi connectivity index (χ0) is 16.2. The number of rotatable bonds is 0. The summed E-state index contributed by atoms with van der Waals surface area (Å²) in [5, 5.41) is 0. The summed E-state index contributed by atoms with van der Waals surface area (Å²) in [4.78, 5) is 0. The molecule has 4 bridgehead atoms. The van der Waals surface area contributed by atoms with Crippen molar-refractivity contribution < 1.29 is 0 Å². The van der Waals surface area contributed by atoms with E-state index in [0.29, 0.717) is 0 Å². The SMILES string of the molecule is ClPCl.ClPCl.c1cc2ccc1CCc1ccc(cc1)CC2. The molecule has 4 aliphatic rings. The highest BCUT2D eigenvalue weighted by Crippen LogP contribution is 2.20. The maximum absolute atomic E-state index is 4.79. The highest BCUT2D eigenvalue weighted by molar-refractivity contribution is 7.90. The molecular weight excluding hydrogens is 396 g/mol. The van der Waals surface area contributed by atoms with Crippen molar-refractivity contribution in [2.75, 3.05) is 0 Å². The highest BCUT2D eigenvalue weighted by atomic mass is 35.9. The summed E-state index contributed by atoms with van der Waals surface area (Å²) in [7, 11) is 0.0556. The summed E-state index contributed by atoms with van der Waals surface area (Å²) < 4.78 is 0. The molecule has 0 fully saturated rings. The van der Waals surface area contributed by atoms with E-state index in [0.717, 1.165) is 25.7 Å². The smallest absolute Gasteiger partial charge is 0.0713 e. The Labute approximate surface area is 155 Å². The van der Waals surface area contributed by atoms with E-state index >= 15 is 0 Å². The molecule has 0 saturated carbocycles. The Kier molecular flexibility index (Phi) is 12.0. The first-order valence-electron chi connectivity index (χ1n) is 6.81. The summed E-state index contributed by atoms with van der Waals surface area (Å²) in [5.74, 6) is 0. The van der Waals surface area contributed by atoms with E-state index in [1.165, 1.54) is 22.3 Å². The minimum Gasteiger partial charge on any atom is -0.0818 e. The lowest BCUT2D eigenvalue weighted by atomic mass is 9.97. The largest absolute Gasteiger partial charge is 0.0818 e. The molecule has 4 aliphatic carbocycles. The molecule has 0 amide bonds. The van der Waals surface area contributed by atoms with Crippen LogP contribution in [0.25, 0.3) is 0 Å². The van der Waals surface area contributed by atoms with Gasteiger partial charge in [0.15, 0.2) is 0 Å². The third-order valence-electron chi connectivity index (χ3n) is 3.45. The van der Waals surface area contributed by atoms with Gasteiger partial charge in [0, 0.05) is 0 Å². The molecule has 0 nitrogen and oxygen atoms in total. The van der Waals surface area contributed by atoms with Crippen LogP contribution in [-0.4, -0.2) is 0 Å². The van der Waals surface area contributed by atoms with Crippen molar-refractivity contribution in [3.8, 4) is 0 Å². The molecule has 0 saturated heterocycles. The van der Waals surface area contributed by atoms with Crippen LogP contribution in [0.5, 0.6) is 0 Å². The van der Waals surface area contributed by atoms with Crippen LogP contribution in [0.4, 0.5) is 0 Å². The standard InChI is InChI=1S/C16H16.2Cl2HP/c1-2-14-4-3-13(1)9-10-15-5-7-16(8-6-15)12-11-14;2*1-3-2/h1-8H,9-12H2;2*3H. The predicted molar refractivity (Wildman–Crippen MR) is 108 cm³/mol. The van der Waals surface area contributed by atoms with Gasteiger partial charge in [-0.15, -0.1) is 0 Å². The van der Waals surface area contributed by atoms with E-state index in [1.54, 1.807) is 0 Å². The van der Waals surface area contributed by atoms with Crippen LogP contribution in [0.15, 0.2) is 48.5 Å². The fraction of sp³-hybridized carbons (Fsp3) is 0.250. The van der Waals surface area contributed by atoms with Crippen LogP contribution in [0.2, 0.25) is 0 Å². The van der Waals surface area contributed by atoms with Gasteiger partial charge in [0.05, 0.1) is 14.6 Å². The summed E-state index contributed by atoms with van der Waals surface area (Å²) in [6.45, 7) is 0. The second-order valence-corrected chi connectivity index (χ2v) is 8.49. The average molecular weight is 414 g/mol. The molecule has 6 heteroatoms. The Balaban J connectivity index is 0.000000353. The summed E-state index contributed by atoms with van der Waals surface area (Å²) in [6, 6.07) is 18.2. The molecule has 0 N–H and O–H groups in total. The fourth-order valence-electron chi connectivity index (χ4n) is 2.32. The first-order valence-corrected chi connectivity index (χ1v) is 12.9. The minimum absolute atomic E-state index is 0.0278. The minimum atomic E-state index is 0.0278. The van der Waals surface area contributed by atoms with E-state index in [9.17, 15) is 0 Å². The number of benzene rings is 2. The molecule has 2 aromatic carbocycles. The summed E-state index contributed by atoms with van der Waals surface area (Å²) in [6.07, 6.45) is 4.61. The molecule has 0 radical (unpaired) electrons. The number of halogens is 4. The van der Waals surface area contributed by atoms with Gasteiger partial charge in [0.25, 0.3) is 0 Å². The molecule has 0 unspecified atom stereocenters. The van der Waals surface area contributed by atoms with Gasteiger partial charge < -0.3 is 0 Å². The van der Waals surface area contributed by atoms with Crippen molar-refractivity contribution >= 4 is 59.5 Å². The fourth-order valence-corrected chi connectivity index (χ4v) is 2.32. The average Bonchev–Trinajstić information content (AvgIpc) is 2.52. The molecule has 0 aromatic heterocycles. The van der Waals surface area contributed by atoms with Gasteiger partial charge in [-0.05, 0) is 47.9 Å². The first-order chi connectivity index (χ1) is 10.7. The van der Waals surface area contributed by atoms with E-state index in [-0.39, 0.29) is 14.6 Å². The molecule has 0 spiro atoms. The van der Waals surface area contributed by atoms with Crippen LogP contribution in [0.1, 0.15) is 22.3 Å². The van der Waals surface area contributed by atoms with E-state index < -0.39 is 0 Å². The van der Waals surface area contributed by atoms with Gasteiger partial charge in [-0.2, -0.15) is 0 Å². The quantitative estimate of drug-likeness (QED) is 0.392. The lowest BCUT2D eigenvalue weighted by molar-refractivity contribution is 0.921. The second kappa shape index (κ2) is 12.8. The predicted octanol–water partition coefficient (Wildman–Crippen LogP) is 7.52. The normalized spacial score (nSPS) is 12.2. The first kappa shape index (κ1) is 20.5. The van der Waals surface area contributed by atoms with Crippen molar-refractivity contribution in [1.82, 2.24) is 0 Å². The molecule has 6 rings (SSSR count). The highest BCUT2D eigenvalue weighted by Gasteiger charge is 2.01. The lowest BCUT2D eigenvalue weighted by Gasteiger charge is -2.09. The summed E-state index contributed by atoms with van der Waals surface area (Å²) in [5.41, 5.74) is 5.81. The Hall–Kier alpha value is 0.460. The van der Waals surface area contributed by atoms with Crippen molar-refractivity contribution in [2.45, 2.75) is 25.7 Å². The van der Waals surface area contributed by atoms with Crippen molar-refractivity contribution in [3.05, 3.63) is 70.8 Å². The molecule has 2 aromatic rings. The van der Waals surface area contributed by atoms with Crippen molar-refractivity contribution in [2.24, 2.45) is 0 Å². The maximum atomic E-state index is 4.79. The lowest BCUT2D eigenvalue weighted by Crippen LogP contribution is -1.97. The number of hydrogen-bond donors (Lipinski definition) is 0. The van der Waals surface area contributed by atoms with Gasteiger partial charge in [-0.25, -0.2) is 0 Å². The second-order valence-electron chi connectivity index (χ2n) is 4.78. The Bertz CT molecular complexity index is 419. The van der Waals surface area contributed by atoms with Crippen LogP contribution < -0.4 is 0 Å². The van der Waals surface area contributed by atoms with Gasteiger partial charge in [-0.3, -0.25) is 0 Å². The van der Waals surface area contributed by atoms with Crippen molar-refractivity contribution in [1.29, 1.82) is 0 Å². The van der Waals surface area contributed by atoms with Crippen LogP contribution in [0, 0.1) is 0 Å². The van der Waals surface area contributed by atoms with E-state index in [4.69, 9.17) is 45.0 Å². The molecule has 22 heavy (non-hydrogen) atoms. The third-order valence-corrected chi connectivity index (χ3v) is 3.45. The maximum Gasteiger partial charge on any atom is 0.0713 e. The molecule has 0 atom stereocenters. The van der Waals surface area contributed by atoms with Gasteiger partial charge >= 0.3 is 0 Å². The molecule has 0 heterocycles. The Morgan fingerprint density at radius 1 is 0.455 bits per heavy atom. The zero-order valence-electron chi connectivity index (χ0n) is 12.0. The number of hydrogen-bond acceptors (Lipinski definition) is 0. The Morgan fingerprint density at radius 2 is 0.591 bits per heavy atom. The van der Waals surface area contributed by atoms with E-state index in [2.05, 4.69) is 48.5 Å². The van der Waals surface area contributed by atoms with Gasteiger partial charge in [0.2, 0.25) is 0 Å². The third kappa shape index (κ3) is 8.35. The summed E-state index contributed by atoms with van der Waals surface area (Å²) >= 11 is 19.2. The van der Waals surface area contributed by atoms with Crippen LogP contribution in [0.3, 0.4) is 0 Å². The van der Waals surface area contributed by atoms with Crippen molar-refractivity contribution in [3.63, 3.8) is 0 Å². The van der Waals surface area contributed by atoms with E-state index in [1.807, 2.05) is 0 Å². The topological polar surface area (TPSA) is 0 Å². The Morgan fingerprint density at radius 3 is 0.727 bits per heavy atom. The number of aryl methyl sites for hydroxylation is 4. The zero-order valence-corrected chi connectivity index (χ0v) is 17.0. The monoisotopic (exact) mass is 412 g/mol. The van der Waals surface area contributed by atoms with Gasteiger partial charge in [0.1, 0.15) is 0 Å². The molecular formula is C16H18Cl4P2. The molecule has 120 valence electrons. The van der Waals surface area contributed by atoms with Gasteiger partial charge in [-0.1, -0.05) is 93.5 Å². The van der Waals surface area contributed by atoms with Crippen LogP contribution >= 0.6 is 59.5 Å². The molecule has 0 aliphatic heterocycles.